The van der Waals surface area contributed by atoms with Crippen molar-refractivity contribution in [3.8, 4) is 0 Å². The van der Waals surface area contributed by atoms with E-state index in [1.165, 1.54) is 17.0 Å². The molecule has 0 unspecified atom stereocenters. The topological polar surface area (TPSA) is 34.1 Å². The fourth-order valence-electron chi connectivity index (χ4n) is 2.47. The van der Waals surface area contributed by atoms with E-state index in [9.17, 15) is 0 Å². The summed E-state index contributed by atoms with van der Waals surface area (Å²) in [5, 5.41) is 4.65. The van der Waals surface area contributed by atoms with Crippen LogP contribution in [0.1, 0.15) is 69.5 Å². The van der Waals surface area contributed by atoms with Crippen molar-refractivity contribution in [2.75, 3.05) is 13.2 Å². The highest BCUT2D eigenvalue weighted by atomic mass is 32.1. The van der Waals surface area contributed by atoms with E-state index in [4.69, 9.17) is 9.72 Å². The number of aryl methyl sites for hydroxylation is 1. The van der Waals surface area contributed by atoms with Crippen molar-refractivity contribution in [2.24, 2.45) is 0 Å². The van der Waals surface area contributed by atoms with E-state index in [1.807, 2.05) is 11.3 Å². The Morgan fingerprint density at radius 2 is 1.85 bits per heavy atom. The van der Waals surface area contributed by atoms with Crippen LogP contribution in [0.3, 0.4) is 0 Å². The number of rotatable bonds is 10. The van der Waals surface area contributed by atoms with Gasteiger partial charge < -0.3 is 10.1 Å². The molecule has 1 aromatic rings. The molecule has 1 heterocycles. The number of thiazole rings is 1. The number of nitrogens with zero attached hydrogens (tertiary/aromatic N) is 1. The Hall–Kier alpha value is -0.450. The first-order valence-corrected chi connectivity index (χ1v) is 8.82. The fourth-order valence-corrected chi connectivity index (χ4v) is 3.87. The molecule has 116 valence electrons. The molecule has 0 aliphatic heterocycles. The average molecular weight is 298 g/mol. The summed E-state index contributed by atoms with van der Waals surface area (Å²) in [7, 11) is 0. The molecule has 4 heteroatoms. The van der Waals surface area contributed by atoms with Crippen molar-refractivity contribution < 1.29 is 4.74 Å². The molecule has 0 amide bonds. The second-order valence-corrected chi connectivity index (χ2v) is 6.14. The molecule has 0 bridgehead atoms. The van der Waals surface area contributed by atoms with Gasteiger partial charge in [0.15, 0.2) is 0 Å². The average Bonchev–Trinajstić information content (AvgIpc) is 2.89. The van der Waals surface area contributed by atoms with Crippen molar-refractivity contribution >= 4 is 11.3 Å². The van der Waals surface area contributed by atoms with Crippen molar-refractivity contribution in [1.82, 2.24) is 10.3 Å². The predicted molar refractivity (Wildman–Crippen MR) is 87.4 cm³/mol. The van der Waals surface area contributed by atoms with Crippen molar-refractivity contribution in [1.29, 1.82) is 0 Å². The zero-order valence-electron chi connectivity index (χ0n) is 13.7. The van der Waals surface area contributed by atoms with Gasteiger partial charge in [-0.05, 0) is 39.2 Å². The van der Waals surface area contributed by atoms with Gasteiger partial charge in [-0.25, -0.2) is 4.98 Å². The van der Waals surface area contributed by atoms with Gasteiger partial charge in [0.25, 0.3) is 0 Å². The van der Waals surface area contributed by atoms with Gasteiger partial charge in [-0.1, -0.05) is 27.7 Å². The maximum absolute atomic E-state index is 6.08. The first-order valence-electron chi connectivity index (χ1n) is 8.01. The molecule has 0 spiro atoms. The molecule has 0 saturated heterocycles. The summed E-state index contributed by atoms with van der Waals surface area (Å²) in [6, 6.07) is 0. The van der Waals surface area contributed by atoms with Gasteiger partial charge >= 0.3 is 0 Å². The molecule has 1 rings (SSSR count). The molecule has 0 atom stereocenters. The first-order chi connectivity index (χ1) is 9.67. The monoisotopic (exact) mass is 298 g/mol. The number of ether oxygens (including phenoxy) is 1. The number of hydrogen-bond acceptors (Lipinski definition) is 4. The van der Waals surface area contributed by atoms with Crippen LogP contribution in [0.15, 0.2) is 0 Å². The Balaban J connectivity index is 2.99. The number of hydrogen-bond donors (Lipinski definition) is 1. The van der Waals surface area contributed by atoms with Gasteiger partial charge in [-0.2, -0.15) is 0 Å². The van der Waals surface area contributed by atoms with Crippen LogP contribution in [0.4, 0.5) is 0 Å². The van der Waals surface area contributed by atoms with E-state index in [0.717, 1.165) is 44.0 Å². The van der Waals surface area contributed by atoms with E-state index >= 15 is 0 Å². The largest absolute Gasteiger partial charge is 0.368 e. The Morgan fingerprint density at radius 1 is 1.15 bits per heavy atom. The minimum absolute atomic E-state index is 0.188. The molecule has 1 N–H and O–H groups in total. The van der Waals surface area contributed by atoms with E-state index < -0.39 is 0 Å². The van der Waals surface area contributed by atoms with Crippen LogP contribution in [0.25, 0.3) is 0 Å². The third-order valence-corrected chi connectivity index (χ3v) is 5.06. The molecule has 0 radical (unpaired) electrons. The minimum atomic E-state index is -0.188. The summed E-state index contributed by atoms with van der Waals surface area (Å²) in [6.45, 7) is 13.6. The Kier molecular flexibility index (Phi) is 7.70. The third-order valence-electron chi connectivity index (χ3n) is 3.78. The second kappa shape index (κ2) is 8.75. The highest BCUT2D eigenvalue weighted by molar-refractivity contribution is 7.11. The lowest BCUT2D eigenvalue weighted by atomic mass is 9.98. The zero-order chi connectivity index (χ0) is 15.0. The molecule has 0 fully saturated rings. The van der Waals surface area contributed by atoms with E-state index in [1.54, 1.807) is 0 Å². The second-order valence-electron chi connectivity index (χ2n) is 5.05. The maximum Gasteiger partial charge on any atom is 0.125 e. The Labute approximate surface area is 128 Å². The smallest absolute Gasteiger partial charge is 0.125 e. The van der Waals surface area contributed by atoms with Gasteiger partial charge in [-0.3, -0.25) is 0 Å². The summed E-state index contributed by atoms with van der Waals surface area (Å²) in [6.07, 6.45) is 4.13. The number of nitrogens with one attached hydrogen (secondary N) is 1. The number of aromatic nitrogens is 1. The van der Waals surface area contributed by atoms with Crippen molar-refractivity contribution in [3.05, 3.63) is 15.6 Å². The summed E-state index contributed by atoms with van der Waals surface area (Å²) < 4.78 is 6.08. The molecular formula is C16H30N2OS. The molecule has 0 aromatic carbocycles. The van der Waals surface area contributed by atoms with Gasteiger partial charge in [-0.15, -0.1) is 11.3 Å². The molecular weight excluding hydrogens is 268 g/mol. The van der Waals surface area contributed by atoms with Crippen LogP contribution in [0.5, 0.6) is 0 Å². The Morgan fingerprint density at radius 3 is 2.35 bits per heavy atom. The van der Waals surface area contributed by atoms with E-state index in [-0.39, 0.29) is 5.60 Å². The standard InChI is InChI=1S/C16H30N2OS/c1-6-11-17-12-14-13(7-2)18-15(20-14)16(8-3,9-4)19-10-5/h17H,6-12H2,1-5H3. The summed E-state index contributed by atoms with van der Waals surface area (Å²) >= 11 is 1.83. The lowest BCUT2D eigenvalue weighted by molar-refractivity contribution is -0.0507. The van der Waals surface area contributed by atoms with E-state index in [0.29, 0.717) is 0 Å². The predicted octanol–water partition coefficient (Wildman–Crippen LogP) is 4.26. The third kappa shape index (κ3) is 4.03. The summed E-state index contributed by atoms with van der Waals surface area (Å²) in [5.41, 5.74) is 1.05. The van der Waals surface area contributed by atoms with Crippen molar-refractivity contribution in [2.45, 2.75) is 72.4 Å². The van der Waals surface area contributed by atoms with Crippen LogP contribution in [0, 0.1) is 0 Å². The SMILES string of the molecule is CCCNCc1sc(C(CC)(CC)OCC)nc1CC. The molecule has 1 aromatic heterocycles. The van der Waals surface area contributed by atoms with Crippen LogP contribution >= 0.6 is 11.3 Å². The fraction of sp³-hybridized carbons (Fsp3) is 0.812. The normalized spacial score (nSPS) is 12.1. The lowest BCUT2D eigenvalue weighted by Gasteiger charge is -2.29. The minimum Gasteiger partial charge on any atom is -0.368 e. The molecule has 0 aliphatic rings. The first kappa shape index (κ1) is 17.6. The molecule has 3 nitrogen and oxygen atoms in total. The quantitative estimate of drug-likeness (QED) is 0.655. The highest BCUT2D eigenvalue weighted by Crippen LogP contribution is 2.37. The van der Waals surface area contributed by atoms with Gasteiger partial charge in [0, 0.05) is 18.0 Å². The van der Waals surface area contributed by atoms with Crippen LogP contribution < -0.4 is 5.32 Å². The Bertz CT molecular complexity index is 386. The summed E-state index contributed by atoms with van der Waals surface area (Å²) in [4.78, 5) is 6.27. The van der Waals surface area contributed by atoms with Gasteiger partial charge in [0.2, 0.25) is 0 Å². The van der Waals surface area contributed by atoms with Gasteiger partial charge in [0.05, 0.1) is 5.69 Å². The molecule has 0 saturated carbocycles. The van der Waals surface area contributed by atoms with E-state index in [2.05, 4.69) is 39.9 Å². The summed E-state index contributed by atoms with van der Waals surface area (Å²) in [5.74, 6) is 0. The van der Waals surface area contributed by atoms with Crippen molar-refractivity contribution in [3.63, 3.8) is 0 Å². The molecule has 20 heavy (non-hydrogen) atoms. The zero-order valence-corrected chi connectivity index (χ0v) is 14.5. The van der Waals surface area contributed by atoms with Crippen LogP contribution in [0.2, 0.25) is 0 Å². The molecule has 0 aliphatic carbocycles. The van der Waals surface area contributed by atoms with Crippen LogP contribution in [-0.2, 0) is 23.3 Å². The highest BCUT2D eigenvalue weighted by Gasteiger charge is 2.33. The lowest BCUT2D eigenvalue weighted by Crippen LogP contribution is -2.28. The van der Waals surface area contributed by atoms with Crippen LogP contribution in [-0.4, -0.2) is 18.1 Å². The van der Waals surface area contributed by atoms with Gasteiger partial charge in [0.1, 0.15) is 10.6 Å². The maximum atomic E-state index is 6.08.